The molecule has 0 aromatic rings. The Hall–Kier alpha value is -1.28. The number of nitrogens with zero attached hydrogens (tertiary/aromatic N) is 1. The van der Waals surface area contributed by atoms with Gasteiger partial charge in [0.15, 0.2) is 0 Å². The molecule has 0 aliphatic rings. The van der Waals surface area contributed by atoms with Crippen molar-refractivity contribution in [2.45, 2.75) is 296 Å². The van der Waals surface area contributed by atoms with E-state index in [1.807, 2.05) is 27.2 Å². The number of carbonyl (C=O) groups is 1. The molecule has 0 spiro atoms. The second-order valence-electron chi connectivity index (χ2n) is 21.4. The molecule has 0 aliphatic carbocycles. The van der Waals surface area contributed by atoms with Crippen LogP contribution >= 0.6 is 7.82 Å². The molecule has 0 heterocycles. The molecule has 0 fully saturated rings. The van der Waals surface area contributed by atoms with Crippen molar-refractivity contribution in [2.24, 2.45) is 0 Å². The maximum absolute atomic E-state index is 12.9. The van der Waals surface area contributed by atoms with Gasteiger partial charge in [0.1, 0.15) is 13.2 Å². The number of unbranched alkanes of at least 4 members (excludes halogenated alkanes) is 37. The molecule has 3 unspecified atom stereocenters. The van der Waals surface area contributed by atoms with Crippen molar-refractivity contribution in [3.8, 4) is 0 Å². The number of quaternary nitrogens is 1. The number of rotatable bonds is 54. The number of hydrogen-bond acceptors (Lipinski definition) is 5. The molecule has 3 N–H and O–H groups in total. The molecular weight excluding hydrogens is 864 g/mol. The van der Waals surface area contributed by atoms with Gasteiger partial charge in [-0.15, -0.1) is 0 Å². The number of phosphoric ester groups is 1. The van der Waals surface area contributed by atoms with Crippen molar-refractivity contribution in [2.75, 3.05) is 40.9 Å². The van der Waals surface area contributed by atoms with E-state index in [0.717, 1.165) is 44.9 Å². The predicted molar refractivity (Wildman–Crippen MR) is 295 cm³/mol. The molecule has 8 nitrogen and oxygen atoms in total. The van der Waals surface area contributed by atoms with Crippen molar-refractivity contribution in [1.29, 1.82) is 0 Å². The van der Waals surface area contributed by atoms with Crippen molar-refractivity contribution in [3.05, 3.63) is 36.5 Å². The average molecular weight is 981 g/mol. The zero-order chi connectivity index (χ0) is 49.9. The van der Waals surface area contributed by atoms with Crippen LogP contribution in [0.3, 0.4) is 0 Å². The molecule has 1 amide bonds. The Bertz CT molecular complexity index is 1200. The van der Waals surface area contributed by atoms with Crippen LogP contribution in [0.5, 0.6) is 0 Å². The zero-order valence-corrected chi connectivity index (χ0v) is 46.8. The first-order valence-electron chi connectivity index (χ1n) is 29.4. The number of allylic oxidation sites excluding steroid dienone is 5. The first kappa shape index (κ1) is 66.7. The number of aliphatic hydroxyl groups is 1. The van der Waals surface area contributed by atoms with Gasteiger partial charge in [0.25, 0.3) is 0 Å². The van der Waals surface area contributed by atoms with Crippen molar-refractivity contribution >= 4 is 13.7 Å². The molecule has 9 heteroatoms. The lowest BCUT2D eigenvalue weighted by molar-refractivity contribution is -0.870. The third-order valence-corrected chi connectivity index (χ3v) is 14.3. The maximum Gasteiger partial charge on any atom is 0.472 e. The van der Waals surface area contributed by atoms with Crippen LogP contribution in [0.2, 0.25) is 0 Å². The van der Waals surface area contributed by atoms with Crippen molar-refractivity contribution in [3.63, 3.8) is 0 Å². The highest BCUT2D eigenvalue weighted by molar-refractivity contribution is 7.47. The molecule has 402 valence electrons. The Morgan fingerprint density at radius 2 is 0.838 bits per heavy atom. The van der Waals surface area contributed by atoms with Crippen LogP contribution in [0.15, 0.2) is 36.5 Å². The molecule has 68 heavy (non-hydrogen) atoms. The smallest absolute Gasteiger partial charge is 0.387 e. The highest BCUT2D eigenvalue weighted by atomic mass is 31.2. The van der Waals surface area contributed by atoms with E-state index in [1.165, 1.54) is 218 Å². The minimum Gasteiger partial charge on any atom is -0.387 e. The quantitative estimate of drug-likeness (QED) is 0.0243. The van der Waals surface area contributed by atoms with Crippen molar-refractivity contribution in [1.82, 2.24) is 5.32 Å². The topological polar surface area (TPSA) is 105 Å². The predicted octanol–water partition coefficient (Wildman–Crippen LogP) is 17.8. The van der Waals surface area contributed by atoms with Crippen LogP contribution in [0.1, 0.15) is 284 Å². The van der Waals surface area contributed by atoms with Gasteiger partial charge in [-0.1, -0.05) is 262 Å². The Balaban J connectivity index is 3.72. The Kier molecular flexibility index (Phi) is 49.7. The van der Waals surface area contributed by atoms with Crippen LogP contribution in [0, 0.1) is 0 Å². The molecule has 3 atom stereocenters. The van der Waals surface area contributed by atoms with Crippen LogP contribution in [0.4, 0.5) is 0 Å². The largest absolute Gasteiger partial charge is 0.472 e. The van der Waals surface area contributed by atoms with Crippen molar-refractivity contribution < 1.29 is 32.9 Å². The minimum absolute atomic E-state index is 0.0628. The lowest BCUT2D eigenvalue weighted by Gasteiger charge is -2.25. The van der Waals surface area contributed by atoms with Gasteiger partial charge in [-0.05, 0) is 51.4 Å². The first-order chi connectivity index (χ1) is 33.0. The molecule has 0 aromatic carbocycles. The van der Waals surface area contributed by atoms with Crippen LogP contribution in [0.25, 0.3) is 0 Å². The van der Waals surface area contributed by atoms with E-state index in [-0.39, 0.29) is 19.1 Å². The molecule has 0 aromatic heterocycles. The van der Waals surface area contributed by atoms with Gasteiger partial charge in [0.05, 0.1) is 39.9 Å². The second kappa shape index (κ2) is 50.7. The van der Waals surface area contributed by atoms with Gasteiger partial charge >= 0.3 is 7.82 Å². The second-order valence-corrected chi connectivity index (χ2v) is 22.8. The molecular formula is C59H116N2O6P+. The van der Waals surface area contributed by atoms with Crippen LogP contribution in [-0.2, 0) is 18.4 Å². The zero-order valence-electron chi connectivity index (χ0n) is 45.9. The monoisotopic (exact) mass is 980 g/mol. The van der Waals surface area contributed by atoms with E-state index in [1.54, 1.807) is 6.08 Å². The molecule has 0 rings (SSSR count). The molecule has 0 bridgehead atoms. The standard InChI is InChI=1S/C59H115N2O6P/c1-6-8-10-12-14-15-16-17-18-19-20-21-22-23-24-25-26-27-28-29-30-31-32-33-34-35-36-37-38-39-40-41-42-43-44-45-47-49-51-53-59(63)60-57(58(62)52-50-48-46-13-11-9-7-2)56-67-68(64,65)66-55-54-61(3,4)5/h16-17,19-20,50,52,57-58,62H,6-15,18,21-49,51,53-56H2,1-5H3,(H-,60,63,64,65)/p+1/b17-16-,20-19-,52-50+. The summed E-state index contributed by atoms with van der Waals surface area (Å²) in [7, 11) is 1.58. The summed E-state index contributed by atoms with van der Waals surface area (Å²) in [6.07, 6.45) is 66.0. The minimum atomic E-state index is -4.33. The molecule has 0 saturated heterocycles. The summed E-state index contributed by atoms with van der Waals surface area (Å²) in [6, 6.07) is -0.841. The summed E-state index contributed by atoms with van der Waals surface area (Å²) >= 11 is 0. The Morgan fingerprint density at radius 3 is 1.21 bits per heavy atom. The van der Waals surface area contributed by atoms with Gasteiger partial charge in [-0.3, -0.25) is 13.8 Å². The van der Waals surface area contributed by atoms with Gasteiger partial charge in [0, 0.05) is 6.42 Å². The van der Waals surface area contributed by atoms with Gasteiger partial charge < -0.3 is 19.8 Å². The third-order valence-electron chi connectivity index (χ3n) is 13.4. The number of aliphatic hydroxyl groups excluding tert-OH is 1. The highest BCUT2D eigenvalue weighted by Crippen LogP contribution is 2.43. The van der Waals surface area contributed by atoms with E-state index in [9.17, 15) is 19.4 Å². The number of likely N-dealkylation sites (N-methyl/N-ethyl adjacent to an activating group) is 1. The first-order valence-corrected chi connectivity index (χ1v) is 30.9. The average Bonchev–Trinajstić information content (AvgIpc) is 3.30. The van der Waals surface area contributed by atoms with E-state index in [4.69, 9.17) is 9.05 Å². The van der Waals surface area contributed by atoms with Gasteiger partial charge in [-0.2, -0.15) is 0 Å². The van der Waals surface area contributed by atoms with E-state index in [0.29, 0.717) is 17.4 Å². The molecule has 0 aliphatic heterocycles. The summed E-state index contributed by atoms with van der Waals surface area (Å²) < 4.78 is 23.5. The summed E-state index contributed by atoms with van der Waals surface area (Å²) in [4.78, 5) is 23.1. The summed E-state index contributed by atoms with van der Waals surface area (Å²) in [5.74, 6) is -0.177. The fourth-order valence-corrected chi connectivity index (χ4v) is 9.46. The lowest BCUT2D eigenvalue weighted by atomic mass is 10.0. The Morgan fingerprint density at radius 1 is 0.500 bits per heavy atom. The summed E-state index contributed by atoms with van der Waals surface area (Å²) in [6.45, 7) is 4.76. The molecule has 0 radical (unpaired) electrons. The Labute approximate surface area is 423 Å². The normalized spacial score (nSPS) is 14.2. The number of phosphoric acid groups is 1. The third kappa shape index (κ3) is 52.5. The van der Waals surface area contributed by atoms with E-state index < -0.39 is 20.0 Å². The van der Waals surface area contributed by atoms with Crippen LogP contribution in [-0.4, -0.2) is 73.4 Å². The van der Waals surface area contributed by atoms with E-state index in [2.05, 4.69) is 43.5 Å². The highest BCUT2D eigenvalue weighted by Gasteiger charge is 2.27. The summed E-state index contributed by atoms with van der Waals surface area (Å²) in [5.41, 5.74) is 0. The fraction of sp³-hybridized carbons (Fsp3) is 0.881. The lowest BCUT2D eigenvalue weighted by Crippen LogP contribution is -2.45. The SMILES string of the molecule is CCCCCCC/C=C\C/C=C\CCCCCCCCCCCCCCCCCCCCCCCCCCCCCC(=O)NC(COP(=O)(O)OCC[N+](C)(C)C)C(O)/C=C/CCCCCCC. The maximum atomic E-state index is 12.9. The number of amides is 1. The van der Waals surface area contributed by atoms with Gasteiger partial charge in [-0.25, -0.2) is 4.57 Å². The number of carbonyl (C=O) groups excluding carboxylic acids is 1. The fourth-order valence-electron chi connectivity index (χ4n) is 8.72. The number of hydrogen-bond donors (Lipinski definition) is 3. The van der Waals surface area contributed by atoms with E-state index >= 15 is 0 Å². The van der Waals surface area contributed by atoms with Gasteiger partial charge in [0.2, 0.25) is 5.91 Å². The number of nitrogens with one attached hydrogen (secondary N) is 1. The summed E-state index contributed by atoms with van der Waals surface area (Å²) in [5, 5.41) is 13.7. The van der Waals surface area contributed by atoms with Crippen LogP contribution < -0.4 is 5.32 Å². The molecule has 0 saturated carbocycles.